The minimum Gasteiger partial charge on any atom is -0.498 e. The summed E-state index contributed by atoms with van der Waals surface area (Å²) in [5.41, 5.74) is 5.58. The lowest BCUT2D eigenvalue weighted by atomic mass is 9.90. The number of hydrogen-bond acceptors (Lipinski definition) is 5. The molecule has 4 rings (SSSR count). The molecule has 0 unspecified atom stereocenters. The quantitative estimate of drug-likeness (QED) is 0.409. The maximum atomic E-state index is 10.9. The van der Waals surface area contributed by atoms with E-state index in [1.807, 2.05) is 43.3 Å². The van der Waals surface area contributed by atoms with E-state index in [9.17, 15) is 5.11 Å². The number of nitrogens with zero attached hydrogens (tertiary/aromatic N) is 1. The average Bonchev–Trinajstić information content (AvgIpc) is 3.17. The molecule has 5 heteroatoms. The van der Waals surface area contributed by atoms with Crippen molar-refractivity contribution in [1.29, 1.82) is 0 Å². The second-order valence-electron chi connectivity index (χ2n) is 8.01. The number of allylic oxidation sites excluding steroid dienone is 4. The monoisotopic (exact) mass is 431 g/mol. The number of aliphatic hydroxyl groups excluding tert-OH is 1. The molecule has 0 saturated heterocycles. The Labute approximate surface area is 188 Å². The standard InChI is InChI=1S/C27H29NO4/c1-5-8-20-15-19(16-26(31-4)17(2)30-3)22(27(29)28-20)13-18-11-12-25-23(14-18)21-9-6-7-10-24(21)32-25/h6-7,9-12,14,16,29H,5,8,13,15H2,1-4H3/b19-16+,26-17-. The summed E-state index contributed by atoms with van der Waals surface area (Å²) in [6.45, 7) is 3.98. The van der Waals surface area contributed by atoms with Gasteiger partial charge in [-0.05, 0) is 48.8 Å². The van der Waals surface area contributed by atoms with Crippen LogP contribution in [0, 0.1) is 0 Å². The zero-order chi connectivity index (χ0) is 22.7. The van der Waals surface area contributed by atoms with Crippen LogP contribution in [0.15, 0.2) is 86.5 Å². The minimum absolute atomic E-state index is 0.0774. The van der Waals surface area contributed by atoms with Crippen LogP contribution in [0.4, 0.5) is 0 Å². The summed E-state index contributed by atoms with van der Waals surface area (Å²) in [5, 5.41) is 13.0. The molecule has 5 nitrogen and oxygen atoms in total. The highest BCUT2D eigenvalue weighted by Gasteiger charge is 2.21. The molecule has 0 fully saturated rings. The van der Waals surface area contributed by atoms with Gasteiger partial charge < -0.3 is 19.0 Å². The number of benzene rings is 2. The van der Waals surface area contributed by atoms with Gasteiger partial charge in [0.05, 0.1) is 14.2 Å². The summed E-state index contributed by atoms with van der Waals surface area (Å²) in [6.07, 6.45) is 5.01. The summed E-state index contributed by atoms with van der Waals surface area (Å²) in [6, 6.07) is 14.2. The highest BCUT2D eigenvalue weighted by molar-refractivity contribution is 6.05. The molecule has 3 aromatic rings. The van der Waals surface area contributed by atoms with Crippen LogP contribution in [0.3, 0.4) is 0 Å². The first-order valence-electron chi connectivity index (χ1n) is 10.9. The number of fused-ring (bicyclic) bond motifs is 3. The largest absolute Gasteiger partial charge is 0.498 e. The van der Waals surface area contributed by atoms with E-state index >= 15 is 0 Å². The summed E-state index contributed by atoms with van der Waals surface area (Å²) in [4.78, 5) is 4.50. The smallest absolute Gasteiger partial charge is 0.214 e. The Bertz CT molecular complexity index is 1270. The molecule has 0 saturated carbocycles. The summed E-state index contributed by atoms with van der Waals surface area (Å²) in [5.74, 6) is 1.40. The fourth-order valence-corrected chi connectivity index (χ4v) is 4.14. The predicted molar refractivity (Wildman–Crippen MR) is 129 cm³/mol. The van der Waals surface area contributed by atoms with E-state index in [1.54, 1.807) is 14.2 Å². The van der Waals surface area contributed by atoms with Gasteiger partial charge in [0.15, 0.2) is 5.76 Å². The van der Waals surface area contributed by atoms with E-state index in [-0.39, 0.29) is 5.88 Å². The van der Waals surface area contributed by atoms with Crippen LogP contribution in [0.1, 0.15) is 38.7 Å². The lowest BCUT2D eigenvalue weighted by Crippen LogP contribution is -2.12. The van der Waals surface area contributed by atoms with Gasteiger partial charge in [-0.25, -0.2) is 4.99 Å². The third kappa shape index (κ3) is 4.28. The highest BCUT2D eigenvalue weighted by Crippen LogP contribution is 2.33. The SMILES string of the molecule is CCCC1=NC(O)=C(Cc2ccc3oc4ccccc4c3c2)/C(=C/C(OC)=C(\C)OC)C1. The number of furan rings is 1. The van der Waals surface area contributed by atoms with E-state index in [4.69, 9.17) is 13.9 Å². The molecule has 1 aromatic heterocycles. The molecule has 2 heterocycles. The fraction of sp³-hybridized carbons (Fsp3) is 0.296. The van der Waals surface area contributed by atoms with Gasteiger partial charge in [0.2, 0.25) is 5.88 Å². The third-order valence-electron chi connectivity index (χ3n) is 5.86. The molecule has 0 aliphatic carbocycles. The van der Waals surface area contributed by atoms with Crippen molar-refractivity contribution in [2.24, 2.45) is 4.99 Å². The third-order valence-corrected chi connectivity index (χ3v) is 5.86. The Kier molecular flexibility index (Phi) is 6.35. The van der Waals surface area contributed by atoms with Gasteiger partial charge in [0, 0.05) is 34.9 Å². The van der Waals surface area contributed by atoms with Crippen LogP contribution >= 0.6 is 0 Å². The highest BCUT2D eigenvalue weighted by atomic mass is 16.5. The van der Waals surface area contributed by atoms with Crippen LogP contribution in [0.25, 0.3) is 21.9 Å². The Hall–Kier alpha value is -3.47. The molecule has 0 radical (unpaired) electrons. The molecule has 1 aliphatic rings. The van der Waals surface area contributed by atoms with Gasteiger partial charge in [-0.2, -0.15) is 0 Å². The van der Waals surface area contributed by atoms with Crippen LogP contribution < -0.4 is 0 Å². The lowest BCUT2D eigenvalue weighted by molar-refractivity contribution is 0.232. The Balaban J connectivity index is 1.77. The number of rotatable bonds is 7. The zero-order valence-corrected chi connectivity index (χ0v) is 19.1. The molecule has 1 aliphatic heterocycles. The van der Waals surface area contributed by atoms with Crippen molar-refractivity contribution in [3.63, 3.8) is 0 Å². The lowest BCUT2D eigenvalue weighted by Gasteiger charge is -2.20. The van der Waals surface area contributed by atoms with Crippen molar-refractivity contribution in [2.75, 3.05) is 14.2 Å². The molecule has 166 valence electrons. The van der Waals surface area contributed by atoms with Crippen molar-refractivity contribution in [1.82, 2.24) is 0 Å². The van der Waals surface area contributed by atoms with E-state index in [0.717, 1.165) is 57.2 Å². The van der Waals surface area contributed by atoms with Crippen molar-refractivity contribution in [3.05, 3.63) is 82.7 Å². The van der Waals surface area contributed by atoms with Crippen LogP contribution in [0.2, 0.25) is 0 Å². The summed E-state index contributed by atoms with van der Waals surface area (Å²) < 4.78 is 16.9. The van der Waals surface area contributed by atoms with Crippen molar-refractivity contribution in [3.8, 4) is 0 Å². The molecular formula is C27H29NO4. The molecular weight excluding hydrogens is 402 g/mol. The van der Waals surface area contributed by atoms with Gasteiger partial charge in [-0.15, -0.1) is 0 Å². The fourth-order valence-electron chi connectivity index (χ4n) is 4.14. The molecule has 0 spiro atoms. The van der Waals surface area contributed by atoms with Crippen LogP contribution in [-0.2, 0) is 15.9 Å². The second-order valence-corrected chi connectivity index (χ2v) is 8.01. The summed E-state index contributed by atoms with van der Waals surface area (Å²) >= 11 is 0. The number of hydrogen-bond donors (Lipinski definition) is 1. The van der Waals surface area contributed by atoms with Crippen molar-refractivity contribution >= 4 is 27.7 Å². The van der Waals surface area contributed by atoms with Crippen molar-refractivity contribution in [2.45, 2.75) is 39.5 Å². The Morgan fingerprint density at radius 2 is 1.88 bits per heavy atom. The number of ether oxygens (including phenoxy) is 2. The van der Waals surface area contributed by atoms with Gasteiger partial charge in [-0.1, -0.05) is 37.6 Å². The van der Waals surface area contributed by atoms with E-state index in [1.165, 1.54) is 0 Å². The summed E-state index contributed by atoms with van der Waals surface area (Å²) in [7, 11) is 3.25. The van der Waals surface area contributed by atoms with Crippen LogP contribution in [-0.4, -0.2) is 25.0 Å². The molecule has 0 amide bonds. The molecule has 0 bridgehead atoms. The number of aliphatic hydroxyl groups is 1. The minimum atomic E-state index is 0.0774. The average molecular weight is 432 g/mol. The number of methoxy groups -OCH3 is 2. The molecule has 32 heavy (non-hydrogen) atoms. The second kappa shape index (κ2) is 9.35. The van der Waals surface area contributed by atoms with Gasteiger partial charge >= 0.3 is 0 Å². The van der Waals surface area contributed by atoms with E-state index in [2.05, 4.69) is 24.0 Å². The first kappa shape index (κ1) is 21.8. The number of para-hydroxylation sites is 1. The van der Waals surface area contributed by atoms with E-state index < -0.39 is 0 Å². The van der Waals surface area contributed by atoms with Crippen LogP contribution in [0.5, 0.6) is 0 Å². The van der Waals surface area contributed by atoms with Gasteiger partial charge in [0.25, 0.3) is 0 Å². The maximum Gasteiger partial charge on any atom is 0.214 e. The Morgan fingerprint density at radius 3 is 2.62 bits per heavy atom. The van der Waals surface area contributed by atoms with Gasteiger partial charge in [0.1, 0.15) is 16.9 Å². The first-order chi connectivity index (χ1) is 15.5. The maximum absolute atomic E-state index is 10.9. The molecule has 1 N–H and O–H groups in total. The number of aliphatic imine (C=N–C) groups is 1. The van der Waals surface area contributed by atoms with E-state index in [0.29, 0.717) is 24.4 Å². The molecule has 2 aromatic carbocycles. The van der Waals surface area contributed by atoms with Gasteiger partial charge in [-0.3, -0.25) is 0 Å². The normalized spacial score (nSPS) is 16.5. The Morgan fingerprint density at radius 1 is 1.09 bits per heavy atom. The van der Waals surface area contributed by atoms with Crippen molar-refractivity contribution < 1.29 is 19.0 Å². The zero-order valence-electron chi connectivity index (χ0n) is 19.1. The predicted octanol–water partition coefficient (Wildman–Crippen LogP) is 6.99. The molecule has 0 atom stereocenters. The first-order valence-corrected chi connectivity index (χ1v) is 10.9. The topological polar surface area (TPSA) is 64.2 Å².